The van der Waals surface area contributed by atoms with E-state index in [2.05, 4.69) is 15.5 Å². The molecule has 0 spiro atoms. The van der Waals surface area contributed by atoms with Gasteiger partial charge in [-0.2, -0.15) is 0 Å². The summed E-state index contributed by atoms with van der Waals surface area (Å²) in [6.45, 7) is 3.47. The van der Waals surface area contributed by atoms with Crippen LogP contribution in [0.3, 0.4) is 0 Å². The lowest BCUT2D eigenvalue weighted by molar-refractivity contribution is 0.0793. The number of hydrogen-bond donors (Lipinski definition) is 2. The molecular weight excluding hydrogens is 408 g/mol. The number of anilines is 3. The summed E-state index contributed by atoms with van der Waals surface area (Å²) in [7, 11) is 3.11. The number of likely N-dealkylation sites (tertiary alicyclic amines) is 1. The molecule has 2 N–H and O–H groups in total. The van der Waals surface area contributed by atoms with Crippen molar-refractivity contribution in [1.29, 1.82) is 0 Å². The molecule has 0 unspecified atom stereocenters. The Hall–Kier alpha value is -3.42. The predicted octanol–water partition coefficient (Wildman–Crippen LogP) is 4.18. The van der Waals surface area contributed by atoms with Gasteiger partial charge < -0.3 is 29.9 Å². The molecule has 2 aliphatic rings. The van der Waals surface area contributed by atoms with E-state index in [4.69, 9.17) is 9.47 Å². The Bertz CT molecular complexity index is 960. The van der Waals surface area contributed by atoms with Crippen molar-refractivity contribution in [1.82, 2.24) is 4.90 Å². The van der Waals surface area contributed by atoms with Crippen LogP contribution >= 0.6 is 0 Å². The molecule has 8 nitrogen and oxygen atoms in total. The second-order valence-electron chi connectivity index (χ2n) is 8.11. The Kier molecular flexibility index (Phi) is 6.68. The van der Waals surface area contributed by atoms with Gasteiger partial charge in [0.15, 0.2) is 0 Å². The Labute approximate surface area is 188 Å². The van der Waals surface area contributed by atoms with Crippen LogP contribution in [0.4, 0.5) is 21.9 Å². The first kappa shape index (κ1) is 21.8. The fraction of sp³-hybridized carbons (Fsp3) is 0.417. The number of nitrogens with zero attached hydrogens (tertiary/aromatic N) is 2. The Morgan fingerprint density at radius 1 is 0.781 bits per heavy atom. The summed E-state index contributed by atoms with van der Waals surface area (Å²) in [6, 6.07) is 10.3. The third-order valence-electron chi connectivity index (χ3n) is 5.93. The summed E-state index contributed by atoms with van der Waals surface area (Å²) in [4.78, 5) is 30.1. The lowest BCUT2D eigenvalue weighted by atomic mass is 10.1. The van der Waals surface area contributed by atoms with E-state index < -0.39 is 6.03 Å². The van der Waals surface area contributed by atoms with E-state index in [9.17, 15) is 9.59 Å². The highest BCUT2D eigenvalue weighted by Gasteiger charge is 2.25. The lowest BCUT2D eigenvalue weighted by Crippen LogP contribution is -2.30. The topological polar surface area (TPSA) is 83.1 Å². The van der Waals surface area contributed by atoms with Crippen molar-refractivity contribution in [3.8, 4) is 11.5 Å². The number of benzene rings is 2. The Morgan fingerprint density at radius 2 is 1.38 bits per heavy atom. The van der Waals surface area contributed by atoms with Gasteiger partial charge in [-0.05, 0) is 43.9 Å². The van der Waals surface area contributed by atoms with E-state index in [1.807, 2.05) is 17.0 Å². The number of hydrogen-bond acceptors (Lipinski definition) is 5. The highest BCUT2D eigenvalue weighted by molar-refractivity contribution is 6.04. The normalized spacial score (nSPS) is 15.6. The van der Waals surface area contributed by atoms with Crippen LogP contribution in [0.1, 0.15) is 36.0 Å². The van der Waals surface area contributed by atoms with Crippen molar-refractivity contribution >= 4 is 29.0 Å². The second kappa shape index (κ2) is 9.80. The van der Waals surface area contributed by atoms with E-state index in [0.717, 1.165) is 57.5 Å². The first-order valence-corrected chi connectivity index (χ1v) is 11.1. The molecule has 0 atom stereocenters. The zero-order valence-corrected chi connectivity index (χ0v) is 18.6. The van der Waals surface area contributed by atoms with Gasteiger partial charge in [-0.1, -0.05) is 0 Å². The average molecular weight is 439 g/mol. The molecular formula is C24H30N4O4. The summed E-state index contributed by atoms with van der Waals surface area (Å²) in [5, 5.41) is 5.65. The standard InChI is InChI=1S/C24H30N4O4/c1-31-19-13-18(14-20(16-19)32-2)26-24(30)25-17-7-8-22(27-9-3-4-10-27)21(15-17)23(29)28-11-5-6-12-28/h7-8,13-16H,3-6,9-12H2,1-2H3,(H2,25,26,30). The number of methoxy groups -OCH3 is 2. The van der Waals surface area contributed by atoms with Crippen LogP contribution in [0, 0.1) is 0 Å². The minimum absolute atomic E-state index is 0.0333. The number of carbonyl (C=O) groups excluding carboxylic acids is 2. The van der Waals surface area contributed by atoms with Crippen molar-refractivity contribution in [2.75, 3.05) is 55.9 Å². The molecule has 0 saturated carbocycles. The molecule has 3 amide bonds. The van der Waals surface area contributed by atoms with Crippen LogP contribution in [0.2, 0.25) is 0 Å². The van der Waals surface area contributed by atoms with Gasteiger partial charge in [0, 0.05) is 61.4 Å². The molecule has 2 saturated heterocycles. The maximum Gasteiger partial charge on any atom is 0.323 e. The van der Waals surface area contributed by atoms with Crippen LogP contribution in [0.5, 0.6) is 11.5 Å². The zero-order valence-electron chi connectivity index (χ0n) is 18.6. The van der Waals surface area contributed by atoms with Crippen molar-refractivity contribution < 1.29 is 19.1 Å². The average Bonchev–Trinajstić information content (AvgIpc) is 3.52. The predicted molar refractivity (Wildman–Crippen MR) is 125 cm³/mol. The fourth-order valence-corrected chi connectivity index (χ4v) is 4.28. The van der Waals surface area contributed by atoms with Gasteiger partial charge >= 0.3 is 6.03 Å². The minimum atomic E-state index is -0.409. The SMILES string of the molecule is COc1cc(NC(=O)Nc2ccc(N3CCCC3)c(C(=O)N3CCCC3)c2)cc(OC)c1. The van der Waals surface area contributed by atoms with Crippen molar-refractivity contribution in [3.05, 3.63) is 42.0 Å². The molecule has 0 bridgehead atoms. The van der Waals surface area contributed by atoms with Gasteiger partial charge in [0.05, 0.1) is 19.8 Å². The highest BCUT2D eigenvalue weighted by atomic mass is 16.5. The lowest BCUT2D eigenvalue weighted by Gasteiger charge is -2.24. The molecule has 2 aliphatic heterocycles. The van der Waals surface area contributed by atoms with E-state index >= 15 is 0 Å². The van der Waals surface area contributed by atoms with Crippen molar-refractivity contribution in [3.63, 3.8) is 0 Å². The van der Waals surface area contributed by atoms with Gasteiger partial charge in [0.1, 0.15) is 11.5 Å². The van der Waals surface area contributed by atoms with Crippen LogP contribution in [0.15, 0.2) is 36.4 Å². The molecule has 2 aromatic carbocycles. The fourth-order valence-electron chi connectivity index (χ4n) is 4.28. The Morgan fingerprint density at radius 3 is 2.00 bits per heavy atom. The number of urea groups is 1. The maximum absolute atomic E-state index is 13.2. The number of amides is 3. The van der Waals surface area contributed by atoms with Gasteiger partial charge in [-0.3, -0.25) is 4.79 Å². The molecule has 0 aromatic heterocycles. The molecule has 170 valence electrons. The molecule has 8 heteroatoms. The van der Waals surface area contributed by atoms with Gasteiger partial charge in [-0.15, -0.1) is 0 Å². The maximum atomic E-state index is 13.2. The summed E-state index contributed by atoms with van der Waals surface area (Å²) in [6.07, 6.45) is 4.33. The van der Waals surface area contributed by atoms with Crippen LogP contribution in [-0.2, 0) is 0 Å². The molecule has 2 heterocycles. The molecule has 2 fully saturated rings. The molecule has 32 heavy (non-hydrogen) atoms. The number of nitrogens with one attached hydrogen (secondary N) is 2. The van der Waals surface area contributed by atoms with Crippen molar-refractivity contribution in [2.24, 2.45) is 0 Å². The highest BCUT2D eigenvalue weighted by Crippen LogP contribution is 2.30. The summed E-state index contributed by atoms with van der Waals surface area (Å²) in [5.41, 5.74) is 2.71. The van der Waals surface area contributed by atoms with E-state index in [0.29, 0.717) is 28.4 Å². The number of rotatable bonds is 6. The molecule has 2 aromatic rings. The molecule has 0 aliphatic carbocycles. The number of carbonyl (C=O) groups is 2. The molecule has 0 radical (unpaired) electrons. The third-order valence-corrected chi connectivity index (χ3v) is 5.93. The van der Waals surface area contributed by atoms with E-state index in [1.165, 1.54) is 0 Å². The molecule has 4 rings (SSSR count). The van der Waals surface area contributed by atoms with Crippen LogP contribution in [0.25, 0.3) is 0 Å². The third kappa shape index (κ3) is 4.90. The largest absolute Gasteiger partial charge is 0.497 e. The monoisotopic (exact) mass is 438 g/mol. The smallest absolute Gasteiger partial charge is 0.323 e. The van der Waals surface area contributed by atoms with Crippen molar-refractivity contribution in [2.45, 2.75) is 25.7 Å². The number of ether oxygens (including phenoxy) is 2. The summed E-state index contributed by atoms with van der Waals surface area (Å²) < 4.78 is 10.5. The zero-order chi connectivity index (χ0) is 22.5. The van der Waals surface area contributed by atoms with Crippen LogP contribution in [-0.4, -0.2) is 57.2 Å². The van der Waals surface area contributed by atoms with E-state index in [1.54, 1.807) is 38.5 Å². The van der Waals surface area contributed by atoms with Gasteiger partial charge in [-0.25, -0.2) is 4.79 Å². The minimum Gasteiger partial charge on any atom is -0.497 e. The van der Waals surface area contributed by atoms with Crippen LogP contribution < -0.4 is 25.0 Å². The first-order valence-electron chi connectivity index (χ1n) is 11.1. The first-order chi connectivity index (χ1) is 15.6. The summed E-state index contributed by atoms with van der Waals surface area (Å²) in [5.74, 6) is 1.19. The van der Waals surface area contributed by atoms with Gasteiger partial charge in [0.2, 0.25) is 0 Å². The van der Waals surface area contributed by atoms with E-state index in [-0.39, 0.29) is 5.91 Å². The van der Waals surface area contributed by atoms with Gasteiger partial charge in [0.25, 0.3) is 5.91 Å². The summed E-state index contributed by atoms with van der Waals surface area (Å²) >= 11 is 0. The Balaban J connectivity index is 1.53. The quantitative estimate of drug-likeness (QED) is 0.707. The second-order valence-corrected chi connectivity index (χ2v) is 8.11.